The Hall–Kier alpha value is -3.65. The lowest BCUT2D eigenvalue weighted by atomic mass is 10.2. The first-order valence-corrected chi connectivity index (χ1v) is 11.5. The van der Waals surface area contributed by atoms with Gasteiger partial charge in [-0.1, -0.05) is 41.1 Å². The molecule has 1 N–H and O–H groups in total. The van der Waals surface area contributed by atoms with Gasteiger partial charge in [0.05, 0.1) is 18.4 Å². The number of nitrogens with zero attached hydrogens (tertiary/aromatic N) is 1. The summed E-state index contributed by atoms with van der Waals surface area (Å²) < 4.78 is 17.4. The van der Waals surface area contributed by atoms with Crippen molar-refractivity contribution in [3.8, 4) is 17.2 Å². The summed E-state index contributed by atoms with van der Waals surface area (Å²) in [5, 5.41) is 3.96. The van der Waals surface area contributed by atoms with Crippen molar-refractivity contribution in [2.45, 2.75) is 20.3 Å². The number of para-hydroxylation sites is 1. The Bertz CT molecular complexity index is 1160. The first kappa shape index (κ1) is 25.0. The Morgan fingerprint density at radius 2 is 1.76 bits per heavy atom. The Kier molecular flexibility index (Phi) is 9.22. The molecule has 0 unspecified atom stereocenters. The molecule has 0 atom stereocenters. The van der Waals surface area contributed by atoms with Crippen LogP contribution >= 0.6 is 15.9 Å². The van der Waals surface area contributed by atoms with Gasteiger partial charge in [0.2, 0.25) is 0 Å². The molecule has 0 fully saturated rings. The van der Waals surface area contributed by atoms with Crippen molar-refractivity contribution >= 4 is 34.0 Å². The van der Waals surface area contributed by atoms with Gasteiger partial charge in [-0.05, 0) is 67.4 Å². The molecule has 0 aromatic heterocycles. The fourth-order valence-electron chi connectivity index (χ4n) is 2.85. The third kappa shape index (κ3) is 7.45. The Labute approximate surface area is 206 Å². The maximum atomic E-state index is 12.6. The predicted molar refractivity (Wildman–Crippen MR) is 134 cm³/mol. The van der Waals surface area contributed by atoms with Crippen molar-refractivity contribution in [1.82, 2.24) is 5.43 Å². The highest BCUT2D eigenvalue weighted by Crippen LogP contribution is 2.23. The summed E-state index contributed by atoms with van der Waals surface area (Å²) >= 11 is 3.39. The van der Waals surface area contributed by atoms with Crippen LogP contribution in [0.3, 0.4) is 0 Å². The van der Waals surface area contributed by atoms with Crippen molar-refractivity contribution in [3.63, 3.8) is 0 Å². The summed E-state index contributed by atoms with van der Waals surface area (Å²) in [4.78, 5) is 24.7. The highest BCUT2D eigenvalue weighted by atomic mass is 79.9. The predicted octanol–water partition coefficient (Wildman–Crippen LogP) is 5.29. The molecule has 3 rings (SSSR count). The number of carbonyl (C=O) groups excluding carboxylic acids is 2. The average molecular weight is 525 g/mol. The van der Waals surface area contributed by atoms with Gasteiger partial charge in [-0.2, -0.15) is 5.10 Å². The lowest BCUT2D eigenvalue weighted by Gasteiger charge is -2.09. The maximum Gasteiger partial charge on any atom is 0.343 e. The Morgan fingerprint density at radius 1 is 1.00 bits per heavy atom. The number of hydrogen-bond acceptors (Lipinski definition) is 6. The van der Waals surface area contributed by atoms with Gasteiger partial charge in [-0.25, -0.2) is 10.2 Å². The zero-order valence-corrected chi connectivity index (χ0v) is 20.5. The van der Waals surface area contributed by atoms with E-state index in [1.165, 1.54) is 6.21 Å². The van der Waals surface area contributed by atoms with Crippen LogP contribution in [0.4, 0.5) is 0 Å². The van der Waals surface area contributed by atoms with Crippen LogP contribution in [-0.2, 0) is 4.79 Å². The van der Waals surface area contributed by atoms with E-state index in [0.29, 0.717) is 35.0 Å². The lowest BCUT2D eigenvalue weighted by molar-refractivity contribution is -0.123. The van der Waals surface area contributed by atoms with E-state index in [1.54, 1.807) is 48.5 Å². The summed E-state index contributed by atoms with van der Waals surface area (Å²) in [6, 6.07) is 19.3. The van der Waals surface area contributed by atoms with Crippen LogP contribution in [0.5, 0.6) is 17.2 Å². The molecule has 34 heavy (non-hydrogen) atoms. The van der Waals surface area contributed by atoms with Crippen LogP contribution < -0.4 is 19.6 Å². The summed E-state index contributed by atoms with van der Waals surface area (Å²) in [5.74, 6) is 0.687. The number of esters is 1. The molecule has 0 spiro atoms. The van der Waals surface area contributed by atoms with E-state index in [0.717, 1.165) is 16.5 Å². The number of hydrazone groups is 1. The minimum absolute atomic E-state index is 0.180. The largest absolute Gasteiger partial charge is 0.494 e. The molecule has 1 amide bonds. The minimum atomic E-state index is -0.519. The summed E-state index contributed by atoms with van der Waals surface area (Å²) in [6.45, 7) is 4.35. The lowest BCUT2D eigenvalue weighted by Crippen LogP contribution is -2.24. The highest BCUT2D eigenvalue weighted by molar-refractivity contribution is 9.10. The van der Waals surface area contributed by atoms with E-state index in [4.69, 9.17) is 14.2 Å². The molecular weight excluding hydrogens is 500 g/mol. The summed E-state index contributed by atoms with van der Waals surface area (Å²) in [6.07, 6.45) is 2.30. The molecule has 0 saturated carbocycles. The van der Waals surface area contributed by atoms with Crippen LogP contribution in [0.1, 0.15) is 34.8 Å². The molecule has 0 heterocycles. The standard InChI is InChI=1S/C26H25BrN2O5/c1-3-14-32-22-11-8-19(9-12-22)26(31)34-24-13-10-21(27)15-20(24)16-28-29-25(30)17-33-23-7-5-4-6-18(23)2/h4-13,15-16H,3,14,17H2,1-2H3,(H,29,30)/b28-16+. The topological polar surface area (TPSA) is 86.2 Å². The summed E-state index contributed by atoms with van der Waals surface area (Å²) in [5.41, 5.74) is 4.24. The maximum absolute atomic E-state index is 12.6. The minimum Gasteiger partial charge on any atom is -0.494 e. The molecule has 3 aromatic rings. The molecule has 7 nitrogen and oxygen atoms in total. The van der Waals surface area contributed by atoms with Gasteiger partial charge in [0.1, 0.15) is 17.2 Å². The third-order valence-electron chi connectivity index (χ3n) is 4.58. The Balaban J connectivity index is 1.60. The van der Waals surface area contributed by atoms with Gasteiger partial charge in [0.15, 0.2) is 6.61 Å². The van der Waals surface area contributed by atoms with Gasteiger partial charge >= 0.3 is 5.97 Å². The van der Waals surface area contributed by atoms with Gasteiger partial charge in [-0.15, -0.1) is 0 Å². The number of amides is 1. The first-order chi connectivity index (χ1) is 16.5. The molecule has 8 heteroatoms. The van der Waals surface area contributed by atoms with Gasteiger partial charge in [0.25, 0.3) is 5.91 Å². The van der Waals surface area contributed by atoms with Gasteiger partial charge < -0.3 is 14.2 Å². The number of halogens is 1. The van der Waals surface area contributed by atoms with Crippen molar-refractivity contribution in [1.29, 1.82) is 0 Å². The van der Waals surface area contributed by atoms with Gasteiger partial charge in [-0.3, -0.25) is 4.79 Å². The molecule has 0 aliphatic carbocycles. The van der Waals surface area contributed by atoms with Crippen LogP contribution in [0.2, 0.25) is 0 Å². The number of rotatable bonds is 10. The quantitative estimate of drug-likeness (QED) is 0.168. The average Bonchev–Trinajstić information content (AvgIpc) is 2.84. The number of nitrogens with one attached hydrogen (secondary N) is 1. The normalized spacial score (nSPS) is 10.7. The van der Waals surface area contributed by atoms with Crippen LogP contribution in [0.25, 0.3) is 0 Å². The second-order valence-corrected chi connectivity index (χ2v) is 8.21. The van der Waals surface area contributed by atoms with E-state index in [9.17, 15) is 9.59 Å². The molecule has 0 bridgehead atoms. The van der Waals surface area contributed by atoms with E-state index in [1.807, 2.05) is 32.0 Å². The van der Waals surface area contributed by atoms with Crippen molar-refractivity contribution in [2.24, 2.45) is 5.10 Å². The smallest absolute Gasteiger partial charge is 0.343 e. The second kappa shape index (κ2) is 12.6. The Morgan fingerprint density at radius 3 is 2.50 bits per heavy atom. The number of hydrogen-bond donors (Lipinski definition) is 1. The number of ether oxygens (including phenoxy) is 3. The molecule has 0 aliphatic heterocycles. The second-order valence-electron chi connectivity index (χ2n) is 7.29. The highest BCUT2D eigenvalue weighted by Gasteiger charge is 2.12. The number of benzene rings is 3. The van der Waals surface area contributed by atoms with E-state index in [2.05, 4.69) is 26.5 Å². The fourth-order valence-corrected chi connectivity index (χ4v) is 3.23. The first-order valence-electron chi connectivity index (χ1n) is 10.7. The van der Waals surface area contributed by atoms with Crippen molar-refractivity contribution in [3.05, 3.63) is 87.9 Å². The molecular formula is C26H25BrN2O5. The van der Waals surface area contributed by atoms with Crippen LogP contribution in [0.15, 0.2) is 76.3 Å². The number of carbonyl (C=O) groups is 2. The fraction of sp³-hybridized carbons (Fsp3) is 0.192. The van der Waals surface area contributed by atoms with E-state index < -0.39 is 11.9 Å². The molecule has 0 saturated heterocycles. The van der Waals surface area contributed by atoms with Crippen molar-refractivity contribution < 1.29 is 23.8 Å². The summed E-state index contributed by atoms with van der Waals surface area (Å²) in [7, 11) is 0. The monoisotopic (exact) mass is 524 g/mol. The van der Waals surface area contributed by atoms with Crippen molar-refractivity contribution in [2.75, 3.05) is 13.2 Å². The zero-order chi connectivity index (χ0) is 24.3. The van der Waals surface area contributed by atoms with E-state index in [-0.39, 0.29) is 6.61 Å². The van der Waals surface area contributed by atoms with Crippen LogP contribution in [-0.4, -0.2) is 31.3 Å². The molecule has 176 valence electrons. The third-order valence-corrected chi connectivity index (χ3v) is 5.08. The molecule has 0 radical (unpaired) electrons. The molecule has 0 aliphatic rings. The SMILES string of the molecule is CCCOc1ccc(C(=O)Oc2ccc(Br)cc2/C=N/NC(=O)COc2ccccc2C)cc1. The van der Waals surface area contributed by atoms with Crippen LogP contribution in [0, 0.1) is 6.92 Å². The number of aryl methyl sites for hydroxylation is 1. The van der Waals surface area contributed by atoms with Gasteiger partial charge in [0, 0.05) is 10.0 Å². The van der Waals surface area contributed by atoms with E-state index >= 15 is 0 Å². The zero-order valence-electron chi connectivity index (χ0n) is 18.9. The molecule has 3 aromatic carbocycles.